The van der Waals surface area contributed by atoms with Crippen molar-refractivity contribution in [3.8, 4) is 0 Å². The van der Waals surface area contributed by atoms with Gasteiger partial charge in [0, 0.05) is 17.0 Å². The summed E-state index contributed by atoms with van der Waals surface area (Å²) in [7, 11) is 0. The van der Waals surface area contributed by atoms with Gasteiger partial charge in [0.15, 0.2) is 0 Å². The van der Waals surface area contributed by atoms with Crippen molar-refractivity contribution in [2.24, 2.45) is 5.41 Å². The molecule has 0 heterocycles. The van der Waals surface area contributed by atoms with Crippen molar-refractivity contribution in [1.82, 2.24) is 5.32 Å². The van der Waals surface area contributed by atoms with Crippen molar-refractivity contribution in [2.75, 3.05) is 6.54 Å². The third-order valence-corrected chi connectivity index (χ3v) is 5.17. The van der Waals surface area contributed by atoms with E-state index in [1.165, 1.54) is 31.7 Å². The van der Waals surface area contributed by atoms with Gasteiger partial charge in [-0.1, -0.05) is 38.0 Å². The fraction of sp³-hybridized carbons (Fsp3) is 0.647. The molecule has 1 aromatic rings. The van der Waals surface area contributed by atoms with E-state index < -0.39 is 0 Å². The smallest absolute Gasteiger partial charge is 0.128 e. The van der Waals surface area contributed by atoms with Gasteiger partial charge in [-0.3, -0.25) is 0 Å². The number of ether oxygens (including phenoxy) is 1. The number of hydrogen-bond acceptors (Lipinski definition) is 2. The Morgan fingerprint density at radius 3 is 2.75 bits per heavy atom. The van der Waals surface area contributed by atoms with Crippen molar-refractivity contribution in [2.45, 2.75) is 57.8 Å². The number of halogens is 1. The Kier molecular flexibility index (Phi) is 4.08. The van der Waals surface area contributed by atoms with Crippen LogP contribution in [0.3, 0.4) is 0 Å². The molecule has 110 valence electrons. The fourth-order valence-electron chi connectivity index (χ4n) is 4.02. The first-order valence-electron chi connectivity index (χ1n) is 7.84. The average Bonchev–Trinajstić information content (AvgIpc) is 2.96. The summed E-state index contributed by atoms with van der Waals surface area (Å²) in [6.45, 7) is 3.58. The van der Waals surface area contributed by atoms with E-state index in [1.54, 1.807) is 6.07 Å². The van der Waals surface area contributed by atoms with Gasteiger partial charge in [0.25, 0.3) is 0 Å². The van der Waals surface area contributed by atoms with Crippen LogP contribution >= 0.6 is 0 Å². The van der Waals surface area contributed by atoms with Crippen LogP contribution < -0.4 is 5.32 Å². The summed E-state index contributed by atoms with van der Waals surface area (Å²) in [5.74, 6) is -0.157. The predicted octanol–water partition coefficient (Wildman–Crippen LogP) is 3.65. The lowest BCUT2D eigenvalue weighted by atomic mass is 9.60. The summed E-state index contributed by atoms with van der Waals surface area (Å²) in [6, 6.07) is 7.51. The molecule has 20 heavy (non-hydrogen) atoms. The van der Waals surface area contributed by atoms with Gasteiger partial charge in [0.1, 0.15) is 5.82 Å². The van der Waals surface area contributed by atoms with Crippen LogP contribution in [0.25, 0.3) is 0 Å². The molecule has 2 saturated carbocycles. The first-order chi connectivity index (χ1) is 9.76. The minimum Gasteiger partial charge on any atom is -0.373 e. The molecule has 3 heteroatoms. The summed E-state index contributed by atoms with van der Waals surface area (Å²) in [5, 5.41) is 3.60. The van der Waals surface area contributed by atoms with Gasteiger partial charge in [0.05, 0.1) is 12.7 Å². The molecule has 1 aromatic carbocycles. The van der Waals surface area contributed by atoms with Gasteiger partial charge in [-0.25, -0.2) is 4.39 Å². The van der Waals surface area contributed by atoms with Gasteiger partial charge in [0.2, 0.25) is 0 Å². The Morgan fingerprint density at radius 2 is 2.05 bits per heavy atom. The molecular weight excluding hydrogens is 253 g/mol. The molecule has 2 fully saturated rings. The van der Waals surface area contributed by atoms with E-state index in [0.29, 0.717) is 29.7 Å². The molecule has 0 amide bonds. The molecule has 0 aliphatic heterocycles. The minimum absolute atomic E-state index is 0.157. The second-order valence-corrected chi connectivity index (χ2v) is 6.18. The van der Waals surface area contributed by atoms with E-state index in [0.717, 1.165) is 13.0 Å². The molecule has 3 rings (SSSR count). The highest BCUT2D eigenvalue weighted by molar-refractivity contribution is 5.17. The van der Waals surface area contributed by atoms with Crippen LogP contribution in [0.1, 0.15) is 44.6 Å². The Bertz CT molecular complexity index is 456. The van der Waals surface area contributed by atoms with E-state index in [1.807, 2.05) is 12.1 Å². The van der Waals surface area contributed by atoms with Crippen molar-refractivity contribution in [3.05, 3.63) is 35.6 Å². The van der Waals surface area contributed by atoms with E-state index in [4.69, 9.17) is 4.74 Å². The topological polar surface area (TPSA) is 21.3 Å². The Balaban J connectivity index is 1.62. The van der Waals surface area contributed by atoms with Crippen LogP contribution in [0.5, 0.6) is 0 Å². The van der Waals surface area contributed by atoms with Crippen LogP contribution in [0, 0.1) is 11.2 Å². The average molecular weight is 277 g/mol. The third-order valence-electron chi connectivity index (χ3n) is 5.17. The van der Waals surface area contributed by atoms with Crippen molar-refractivity contribution in [1.29, 1.82) is 0 Å². The summed E-state index contributed by atoms with van der Waals surface area (Å²) < 4.78 is 19.7. The molecule has 2 atom stereocenters. The summed E-state index contributed by atoms with van der Waals surface area (Å²) >= 11 is 0. The van der Waals surface area contributed by atoms with E-state index in [2.05, 4.69) is 12.2 Å². The van der Waals surface area contributed by atoms with Gasteiger partial charge in [-0.2, -0.15) is 0 Å². The SMILES string of the molecule is CCNC1CC(OCc2ccccc2F)C12CCCC2. The molecular formula is C17H24FNO. The zero-order valence-electron chi connectivity index (χ0n) is 12.2. The third kappa shape index (κ3) is 2.38. The lowest BCUT2D eigenvalue weighted by Gasteiger charge is -2.54. The normalized spacial score (nSPS) is 27.7. The second-order valence-electron chi connectivity index (χ2n) is 6.18. The summed E-state index contributed by atoms with van der Waals surface area (Å²) in [4.78, 5) is 0. The molecule has 0 saturated heterocycles. The van der Waals surface area contributed by atoms with Crippen LogP contribution in [-0.4, -0.2) is 18.7 Å². The Morgan fingerprint density at radius 1 is 1.30 bits per heavy atom. The lowest BCUT2D eigenvalue weighted by molar-refractivity contribution is -0.140. The highest BCUT2D eigenvalue weighted by Crippen LogP contribution is 2.54. The lowest BCUT2D eigenvalue weighted by Crippen LogP contribution is -2.62. The van der Waals surface area contributed by atoms with E-state index >= 15 is 0 Å². The Labute approximate surface area is 120 Å². The van der Waals surface area contributed by atoms with Crippen molar-refractivity contribution in [3.63, 3.8) is 0 Å². The molecule has 2 aliphatic carbocycles. The number of hydrogen-bond donors (Lipinski definition) is 1. The fourth-order valence-corrected chi connectivity index (χ4v) is 4.02. The number of rotatable bonds is 5. The second kappa shape index (κ2) is 5.82. The highest BCUT2D eigenvalue weighted by Gasteiger charge is 2.56. The molecule has 0 radical (unpaired) electrons. The van der Waals surface area contributed by atoms with Crippen LogP contribution in [0.2, 0.25) is 0 Å². The predicted molar refractivity (Wildman–Crippen MR) is 78.0 cm³/mol. The molecule has 2 nitrogen and oxygen atoms in total. The maximum Gasteiger partial charge on any atom is 0.128 e. The van der Waals surface area contributed by atoms with Crippen LogP contribution in [-0.2, 0) is 11.3 Å². The van der Waals surface area contributed by atoms with Gasteiger partial charge in [-0.05, 0) is 31.9 Å². The van der Waals surface area contributed by atoms with E-state index in [-0.39, 0.29) is 5.82 Å². The van der Waals surface area contributed by atoms with Crippen LogP contribution in [0.4, 0.5) is 4.39 Å². The molecule has 0 bridgehead atoms. The first-order valence-corrected chi connectivity index (χ1v) is 7.84. The largest absolute Gasteiger partial charge is 0.373 e. The summed E-state index contributed by atoms with van der Waals surface area (Å²) in [6.07, 6.45) is 6.50. The Hall–Kier alpha value is -0.930. The number of benzene rings is 1. The van der Waals surface area contributed by atoms with Gasteiger partial charge >= 0.3 is 0 Å². The summed E-state index contributed by atoms with van der Waals surface area (Å²) in [5.41, 5.74) is 0.994. The molecule has 2 aliphatic rings. The van der Waals surface area contributed by atoms with E-state index in [9.17, 15) is 4.39 Å². The van der Waals surface area contributed by atoms with Crippen LogP contribution in [0.15, 0.2) is 24.3 Å². The van der Waals surface area contributed by atoms with Crippen molar-refractivity contribution >= 4 is 0 Å². The molecule has 1 spiro atoms. The molecule has 2 unspecified atom stereocenters. The first kappa shape index (κ1) is 14.0. The zero-order chi connectivity index (χ0) is 14.0. The quantitative estimate of drug-likeness (QED) is 0.887. The standard InChI is InChI=1S/C17H24FNO/c1-2-19-15-11-16(17(15)9-5-6-10-17)20-12-13-7-3-4-8-14(13)18/h3-4,7-8,15-16,19H,2,5-6,9-12H2,1H3. The zero-order valence-corrected chi connectivity index (χ0v) is 12.2. The van der Waals surface area contributed by atoms with Crippen molar-refractivity contribution < 1.29 is 9.13 Å². The molecule has 0 aromatic heterocycles. The highest BCUT2D eigenvalue weighted by atomic mass is 19.1. The van der Waals surface area contributed by atoms with Gasteiger partial charge in [-0.15, -0.1) is 0 Å². The number of nitrogens with one attached hydrogen (secondary N) is 1. The monoisotopic (exact) mass is 277 g/mol. The maximum absolute atomic E-state index is 13.6. The van der Waals surface area contributed by atoms with Gasteiger partial charge < -0.3 is 10.1 Å². The molecule has 1 N–H and O–H groups in total. The minimum atomic E-state index is -0.157. The maximum atomic E-state index is 13.6.